The quantitative estimate of drug-likeness (QED) is 0.409. The third kappa shape index (κ3) is 6.92. The Morgan fingerprint density at radius 2 is 1.54 bits per heavy atom. The maximum absolute atomic E-state index is 12.4. The Kier molecular flexibility index (Phi) is 10.4. The number of Topliss-reactive ketones (excluding diaryl/α,β-unsaturated/α-hetero) is 1. The van der Waals surface area contributed by atoms with E-state index in [0.717, 1.165) is 29.5 Å². The van der Waals surface area contributed by atoms with Gasteiger partial charge in [0.1, 0.15) is 0 Å². The minimum Gasteiger partial charge on any atom is -0.481 e. The molecule has 0 heterocycles. The number of carboxylic acids is 1. The molecule has 4 nitrogen and oxygen atoms in total. The van der Waals surface area contributed by atoms with Crippen molar-refractivity contribution in [2.75, 3.05) is 0 Å². The number of carboxylic acid groups (broad SMARTS) is 1. The van der Waals surface area contributed by atoms with Crippen molar-refractivity contribution >= 4 is 20.9 Å². The number of ketones is 1. The lowest BCUT2D eigenvalue weighted by molar-refractivity contribution is -0.143. The second-order valence-corrected chi connectivity index (χ2v) is 6.63. The van der Waals surface area contributed by atoms with Crippen molar-refractivity contribution < 1.29 is 19.3 Å². The highest BCUT2D eigenvalue weighted by molar-refractivity contribution is 7.00. The van der Waals surface area contributed by atoms with E-state index in [-0.39, 0.29) is 17.6 Å². The second kappa shape index (κ2) is 11.1. The van der Waals surface area contributed by atoms with Crippen molar-refractivity contribution in [3.05, 3.63) is 34.4 Å². The molecule has 0 saturated carbocycles. The molecule has 0 fully saturated rings. The Hall–Kier alpha value is -1.54. The maximum atomic E-state index is 12.4. The highest BCUT2D eigenvalue weighted by Crippen LogP contribution is 2.22. The Bertz CT molecular complexity index is 543. The van der Waals surface area contributed by atoms with Gasteiger partial charge in [-0.3, -0.25) is 9.59 Å². The summed E-state index contributed by atoms with van der Waals surface area (Å²) in [4.78, 5) is 23.5. The summed E-state index contributed by atoms with van der Waals surface area (Å²) >= 11 is 0. The fourth-order valence-electron chi connectivity index (χ4n) is 3.14. The largest absolute Gasteiger partial charge is 0.481 e. The molecular weight excluding hydrogens is 323 g/mol. The number of carbonyl (C=O) groups is 2. The Labute approximate surface area is 147 Å². The van der Waals surface area contributed by atoms with Crippen LogP contribution in [0.25, 0.3) is 0 Å². The third-order valence-electron chi connectivity index (χ3n) is 4.25. The van der Waals surface area contributed by atoms with Gasteiger partial charge in [-0.15, -0.1) is 0 Å². The Morgan fingerprint density at radius 1 is 1.04 bits per heavy atom. The van der Waals surface area contributed by atoms with Crippen molar-refractivity contribution in [3.63, 3.8) is 0 Å². The van der Waals surface area contributed by atoms with Crippen LogP contribution in [0.5, 0.6) is 0 Å². The van der Waals surface area contributed by atoms with Crippen LogP contribution in [0.2, 0.25) is 0 Å². The minimum atomic E-state index is -0.730. The fourth-order valence-corrected chi connectivity index (χ4v) is 3.14. The van der Waals surface area contributed by atoms with E-state index < -0.39 is 5.97 Å². The molecule has 0 aromatic heterocycles. The highest BCUT2D eigenvalue weighted by atomic mass is 31.0. The van der Waals surface area contributed by atoms with E-state index in [9.17, 15) is 9.59 Å². The molecule has 0 aliphatic rings. The van der Waals surface area contributed by atoms with Gasteiger partial charge in [0, 0.05) is 12.0 Å². The lowest BCUT2D eigenvalue weighted by Gasteiger charge is -2.15. The van der Waals surface area contributed by atoms with Gasteiger partial charge in [-0.1, -0.05) is 42.5 Å². The van der Waals surface area contributed by atoms with Crippen molar-refractivity contribution in [3.8, 4) is 0 Å². The van der Waals surface area contributed by atoms with Crippen molar-refractivity contribution in [1.29, 1.82) is 0 Å². The van der Waals surface area contributed by atoms with Gasteiger partial charge in [0.25, 0.3) is 0 Å². The minimum absolute atomic E-state index is 0.134. The first-order valence-electron chi connectivity index (χ1n) is 8.31. The summed E-state index contributed by atoms with van der Waals surface area (Å²) in [5.74, 6) is -0.731. The van der Waals surface area contributed by atoms with Gasteiger partial charge in [0.05, 0.1) is 5.92 Å². The molecule has 1 rings (SSSR count). The molecule has 24 heavy (non-hydrogen) atoms. The van der Waals surface area contributed by atoms with Gasteiger partial charge < -0.3 is 5.11 Å². The van der Waals surface area contributed by atoms with Gasteiger partial charge in [-0.2, -0.15) is 0 Å². The van der Waals surface area contributed by atoms with Gasteiger partial charge in [-0.25, -0.2) is 0 Å². The summed E-state index contributed by atoms with van der Waals surface area (Å²) < 4.78 is 8.17. The standard InChI is InChI=1S/C19H28O3.H2OP/c1-12(2)16(19(21)22)8-6-7-9-17(20)18-14(4)10-13(3)11-15(18)5;1-2/h10-12,16H,6-9H2,1-5H3,(H,21,22);2H2/q;+1. The van der Waals surface area contributed by atoms with Crippen LogP contribution in [-0.4, -0.2) is 16.9 Å². The molecule has 0 aliphatic carbocycles. The fraction of sp³-hybridized carbons (Fsp3) is 0.579. The van der Waals surface area contributed by atoms with Crippen LogP contribution in [0.1, 0.15) is 66.6 Å². The zero-order valence-electron chi connectivity index (χ0n) is 15.4. The number of carbonyl (C=O) groups excluding carboxylic acids is 1. The van der Waals surface area contributed by atoms with E-state index in [0.29, 0.717) is 12.8 Å². The van der Waals surface area contributed by atoms with E-state index in [1.165, 1.54) is 14.7 Å². The molecule has 0 saturated heterocycles. The van der Waals surface area contributed by atoms with E-state index in [4.69, 9.17) is 9.67 Å². The highest BCUT2D eigenvalue weighted by Gasteiger charge is 2.21. The first-order chi connectivity index (χ1) is 11.2. The molecule has 0 spiro atoms. The Balaban J connectivity index is 0.00000254. The second-order valence-electron chi connectivity index (χ2n) is 6.63. The number of aryl methyl sites for hydroxylation is 3. The van der Waals surface area contributed by atoms with Gasteiger partial charge >= 0.3 is 15.1 Å². The van der Waals surface area contributed by atoms with Crippen LogP contribution in [0.3, 0.4) is 0 Å². The average Bonchev–Trinajstić information content (AvgIpc) is 2.47. The lowest BCUT2D eigenvalue weighted by atomic mass is 9.89. The van der Waals surface area contributed by atoms with Crippen LogP contribution < -0.4 is 0 Å². The van der Waals surface area contributed by atoms with Gasteiger partial charge in [0.15, 0.2) is 5.78 Å². The summed E-state index contributed by atoms with van der Waals surface area (Å²) in [6.07, 6.45) is 2.67. The van der Waals surface area contributed by atoms with E-state index >= 15 is 0 Å². The molecule has 0 bridgehead atoms. The summed E-state index contributed by atoms with van der Waals surface area (Å²) in [6, 6.07) is 4.08. The molecule has 1 N–H and O–H groups in total. The van der Waals surface area contributed by atoms with Crippen LogP contribution >= 0.6 is 9.12 Å². The van der Waals surface area contributed by atoms with Gasteiger partial charge in [-0.05, 0) is 50.7 Å². The van der Waals surface area contributed by atoms with Gasteiger partial charge in [0.2, 0.25) is 0 Å². The van der Waals surface area contributed by atoms with Crippen molar-refractivity contribution in [1.82, 2.24) is 0 Å². The van der Waals surface area contributed by atoms with E-state index in [2.05, 4.69) is 0 Å². The Morgan fingerprint density at radius 3 is 1.96 bits per heavy atom. The third-order valence-corrected chi connectivity index (χ3v) is 4.25. The maximum Gasteiger partial charge on any atom is 0.310 e. The first kappa shape index (κ1) is 22.5. The first-order valence-corrected chi connectivity index (χ1v) is 8.78. The molecule has 0 amide bonds. The zero-order valence-corrected chi connectivity index (χ0v) is 16.5. The zero-order chi connectivity index (χ0) is 18.9. The molecule has 134 valence electrons. The summed E-state index contributed by atoms with van der Waals surface area (Å²) in [7, 11) is 1.17. The van der Waals surface area contributed by atoms with Crippen molar-refractivity contribution in [2.24, 2.45) is 11.8 Å². The number of benzene rings is 1. The molecule has 0 aliphatic heterocycles. The predicted octanol–water partition coefficient (Wildman–Crippen LogP) is 4.92. The molecule has 0 radical (unpaired) electrons. The number of hydrogen-bond acceptors (Lipinski definition) is 3. The van der Waals surface area contributed by atoms with Crippen molar-refractivity contribution in [2.45, 2.75) is 60.3 Å². The SMILES string of the molecule is Cc1cc(C)c(C(=O)CCCCC(C(=O)O)C(C)C)c(C)c1.O=[PH2+]. The normalized spacial score (nSPS) is 11.6. The summed E-state index contributed by atoms with van der Waals surface area (Å²) in [5, 5.41) is 9.16. The van der Waals surface area contributed by atoms with Crippen LogP contribution in [-0.2, 0) is 9.36 Å². The lowest BCUT2D eigenvalue weighted by Crippen LogP contribution is -2.19. The number of unbranched alkanes of at least 4 members (excludes halogenated alkanes) is 1. The topological polar surface area (TPSA) is 71.4 Å². The van der Waals surface area contributed by atoms with Crippen LogP contribution in [0, 0.1) is 32.6 Å². The molecule has 1 aromatic carbocycles. The monoisotopic (exact) mass is 353 g/mol. The van der Waals surface area contributed by atoms with E-state index in [1.54, 1.807) is 0 Å². The van der Waals surface area contributed by atoms with E-state index in [1.807, 2.05) is 46.8 Å². The summed E-state index contributed by atoms with van der Waals surface area (Å²) in [5.41, 5.74) is 4.08. The molecular formula is C19H30O4P+. The van der Waals surface area contributed by atoms with Crippen LogP contribution in [0.4, 0.5) is 0 Å². The molecule has 1 aromatic rings. The predicted molar refractivity (Wildman–Crippen MR) is 99.8 cm³/mol. The number of hydrogen-bond donors (Lipinski definition) is 1. The van der Waals surface area contributed by atoms with Crippen LogP contribution in [0.15, 0.2) is 12.1 Å². The molecule has 2 unspecified atom stereocenters. The summed E-state index contributed by atoms with van der Waals surface area (Å²) in [6.45, 7) is 9.86. The number of rotatable bonds is 8. The molecule has 2 atom stereocenters. The smallest absolute Gasteiger partial charge is 0.310 e. The average molecular weight is 353 g/mol. The number of aliphatic carboxylic acids is 1. The molecule has 5 heteroatoms.